The zero-order valence-corrected chi connectivity index (χ0v) is 19.3. The number of hydrogen-bond donors (Lipinski definition) is 1. The van der Waals surface area contributed by atoms with Crippen LogP contribution in [0.1, 0.15) is 42.5 Å². The molecule has 7 nitrogen and oxygen atoms in total. The van der Waals surface area contributed by atoms with Crippen molar-refractivity contribution in [2.45, 2.75) is 50.3 Å². The highest BCUT2D eigenvalue weighted by molar-refractivity contribution is 5.98. The number of ether oxygens (including phenoxy) is 2. The summed E-state index contributed by atoms with van der Waals surface area (Å²) in [5.41, 5.74) is 2.49. The zero-order chi connectivity index (χ0) is 22.9. The number of methoxy groups -OCH3 is 1. The van der Waals surface area contributed by atoms with E-state index in [0.717, 1.165) is 29.7 Å². The Morgan fingerprint density at radius 3 is 2.64 bits per heavy atom. The Balaban J connectivity index is 1.37. The van der Waals surface area contributed by atoms with E-state index in [9.17, 15) is 9.59 Å². The fraction of sp³-hybridized carbons (Fsp3) is 0.462. The number of nitrogens with zero attached hydrogens (tertiary/aromatic N) is 2. The molecule has 7 heteroatoms. The fourth-order valence-electron chi connectivity index (χ4n) is 5.21. The molecule has 3 aliphatic rings. The van der Waals surface area contributed by atoms with Crippen molar-refractivity contribution in [2.24, 2.45) is 0 Å². The Morgan fingerprint density at radius 1 is 1.06 bits per heavy atom. The number of urea groups is 1. The summed E-state index contributed by atoms with van der Waals surface area (Å²) in [6.07, 6.45) is 5.41. The van der Waals surface area contributed by atoms with Gasteiger partial charge in [-0.2, -0.15) is 0 Å². The largest absolute Gasteiger partial charge is 0.497 e. The van der Waals surface area contributed by atoms with Crippen molar-refractivity contribution in [3.05, 3.63) is 48.0 Å². The molecule has 2 aromatic carbocycles. The molecule has 0 spiro atoms. The van der Waals surface area contributed by atoms with Crippen molar-refractivity contribution >= 4 is 11.9 Å². The number of likely N-dealkylation sites (N-methyl/N-ethyl adjacent to an activating group) is 1. The smallest absolute Gasteiger partial charge is 0.317 e. The minimum atomic E-state index is -0.266. The van der Waals surface area contributed by atoms with E-state index in [2.05, 4.69) is 5.32 Å². The van der Waals surface area contributed by atoms with Crippen LogP contribution in [0, 0.1) is 0 Å². The molecule has 0 bridgehead atoms. The summed E-state index contributed by atoms with van der Waals surface area (Å²) in [7, 11) is 3.45. The maximum Gasteiger partial charge on any atom is 0.317 e. The van der Waals surface area contributed by atoms with Gasteiger partial charge in [0.1, 0.15) is 17.6 Å². The quantitative estimate of drug-likeness (QED) is 0.771. The first-order valence-corrected chi connectivity index (χ1v) is 11.8. The molecule has 1 saturated carbocycles. The number of hydrogen-bond acceptors (Lipinski definition) is 4. The minimum Gasteiger partial charge on any atom is -0.497 e. The Kier molecular flexibility index (Phi) is 5.87. The van der Waals surface area contributed by atoms with Gasteiger partial charge >= 0.3 is 6.03 Å². The lowest BCUT2D eigenvalue weighted by Gasteiger charge is -2.27. The monoisotopic (exact) mass is 449 g/mol. The van der Waals surface area contributed by atoms with Gasteiger partial charge in [-0.05, 0) is 48.2 Å². The lowest BCUT2D eigenvalue weighted by Crippen LogP contribution is -2.46. The van der Waals surface area contributed by atoms with Gasteiger partial charge in [0.25, 0.3) is 5.91 Å². The number of rotatable bonds is 3. The highest BCUT2D eigenvalue weighted by atomic mass is 16.5. The number of carbonyl (C=O) groups excluding carboxylic acids is 2. The van der Waals surface area contributed by atoms with E-state index < -0.39 is 0 Å². The second-order valence-electron chi connectivity index (χ2n) is 9.27. The Hall–Kier alpha value is -3.22. The standard InChI is InChI=1S/C26H31N3O4/c1-28-22-15-29(26(31)27-19-8-4-3-5-9-19)16-24(22)33-23-14-18(11-12-21(23)25(28)30)17-7-6-10-20(13-17)32-2/h6-7,10-14,19,22,24H,3-5,8-9,15-16H2,1-2H3,(H,27,31). The number of fused-ring (bicyclic) bond motifs is 2. The van der Waals surface area contributed by atoms with Crippen molar-refractivity contribution in [1.82, 2.24) is 15.1 Å². The molecule has 1 saturated heterocycles. The Morgan fingerprint density at radius 2 is 1.85 bits per heavy atom. The zero-order valence-electron chi connectivity index (χ0n) is 19.3. The SMILES string of the molecule is COc1cccc(-c2ccc3c(c2)OC2CN(C(=O)NC4CCCCC4)CC2N(C)C3=O)c1. The van der Waals surface area contributed by atoms with Crippen molar-refractivity contribution in [3.8, 4) is 22.6 Å². The molecule has 1 N–H and O–H groups in total. The summed E-state index contributed by atoms with van der Waals surface area (Å²) in [6.45, 7) is 0.936. The van der Waals surface area contributed by atoms with Crippen molar-refractivity contribution in [1.29, 1.82) is 0 Å². The van der Waals surface area contributed by atoms with Gasteiger partial charge in [0.05, 0.1) is 25.3 Å². The van der Waals surface area contributed by atoms with Gasteiger partial charge in [-0.3, -0.25) is 4.79 Å². The van der Waals surface area contributed by atoms with Crippen LogP contribution in [0.25, 0.3) is 11.1 Å². The first kappa shape index (κ1) is 21.6. The average Bonchev–Trinajstić information content (AvgIpc) is 3.24. The van der Waals surface area contributed by atoms with Gasteiger partial charge in [-0.15, -0.1) is 0 Å². The number of benzene rings is 2. The molecule has 1 aliphatic carbocycles. The van der Waals surface area contributed by atoms with Gasteiger partial charge in [0, 0.05) is 19.6 Å². The molecule has 0 aromatic heterocycles. The topological polar surface area (TPSA) is 71.1 Å². The van der Waals surface area contributed by atoms with Crippen molar-refractivity contribution in [2.75, 3.05) is 27.2 Å². The highest BCUT2D eigenvalue weighted by Crippen LogP contribution is 2.35. The second kappa shape index (κ2) is 8.96. The molecule has 0 radical (unpaired) electrons. The van der Waals surface area contributed by atoms with Gasteiger partial charge in [-0.1, -0.05) is 37.5 Å². The minimum absolute atomic E-state index is 0.0511. The molecule has 33 heavy (non-hydrogen) atoms. The molecule has 3 amide bonds. The summed E-state index contributed by atoms with van der Waals surface area (Å²) < 4.78 is 11.7. The molecule has 5 rings (SSSR count). The summed E-state index contributed by atoms with van der Waals surface area (Å²) in [4.78, 5) is 29.7. The van der Waals surface area contributed by atoms with E-state index in [4.69, 9.17) is 9.47 Å². The van der Waals surface area contributed by atoms with Crippen molar-refractivity contribution < 1.29 is 19.1 Å². The molecule has 174 valence electrons. The van der Waals surface area contributed by atoms with E-state index in [1.807, 2.05) is 42.5 Å². The van der Waals surface area contributed by atoms with Gasteiger partial charge in [0.2, 0.25) is 0 Å². The molecular weight excluding hydrogens is 418 g/mol. The third-order valence-electron chi connectivity index (χ3n) is 7.17. The normalized spacial score (nSPS) is 22.8. The lowest BCUT2D eigenvalue weighted by molar-refractivity contribution is 0.0682. The van der Waals surface area contributed by atoms with Crippen LogP contribution in [0.15, 0.2) is 42.5 Å². The first-order chi connectivity index (χ1) is 16.0. The van der Waals surface area contributed by atoms with Crippen LogP contribution in [0.5, 0.6) is 11.5 Å². The lowest BCUT2D eigenvalue weighted by atomic mass is 9.96. The van der Waals surface area contributed by atoms with E-state index >= 15 is 0 Å². The average molecular weight is 450 g/mol. The maximum atomic E-state index is 13.2. The van der Waals surface area contributed by atoms with Crippen LogP contribution >= 0.6 is 0 Å². The molecule has 2 heterocycles. The van der Waals surface area contributed by atoms with E-state index in [-0.39, 0.29) is 30.1 Å². The van der Waals surface area contributed by atoms with Crippen LogP contribution < -0.4 is 14.8 Å². The molecule has 2 fully saturated rings. The van der Waals surface area contributed by atoms with E-state index in [1.54, 1.807) is 24.0 Å². The second-order valence-corrected chi connectivity index (χ2v) is 9.27. The predicted molar refractivity (Wildman–Crippen MR) is 126 cm³/mol. The molecular formula is C26H31N3O4. The predicted octanol–water partition coefficient (Wildman–Crippen LogP) is 3.92. The third-order valence-corrected chi connectivity index (χ3v) is 7.17. The summed E-state index contributed by atoms with van der Waals surface area (Å²) in [5, 5.41) is 3.19. The van der Waals surface area contributed by atoms with Gasteiger partial charge in [0.15, 0.2) is 0 Å². The first-order valence-electron chi connectivity index (χ1n) is 11.8. The fourth-order valence-corrected chi connectivity index (χ4v) is 5.21. The van der Waals surface area contributed by atoms with E-state index in [1.165, 1.54) is 19.3 Å². The Labute approximate surface area is 194 Å². The third kappa shape index (κ3) is 4.24. The van der Waals surface area contributed by atoms with Crippen LogP contribution in [0.4, 0.5) is 4.79 Å². The van der Waals surface area contributed by atoms with Crippen LogP contribution in [-0.4, -0.2) is 67.2 Å². The summed E-state index contributed by atoms with van der Waals surface area (Å²) >= 11 is 0. The molecule has 2 aliphatic heterocycles. The maximum absolute atomic E-state index is 13.2. The molecule has 2 unspecified atom stereocenters. The number of nitrogens with one attached hydrogen (secondary N) is 1. The number of likely N-dealkylation sites (tertiary alicyclic amines) is 1. The Bertz CT molecular complexity index is 1050. The van der Waals surface area contributed by atoms with Crippen LogP contribution in [0.3, 0.4) is 0 Å². The summed E-state index contributed by atoms with van der Waals surface area (Å²) in [6, 6.07) is 13.5. The van der Waals surface area contributed by atoms with Gasteiger partial charge in [-0.25, -0.2) is 4.79 Å². The summed E-state index contributed by atoms with van der Waals surface area (Å²) in [5.74, 6) is 1.26. The van der Waals surface area contributed by atoms with Gasteiger partial charge < -0.3 is 24.6 Å². The molecule has 2 aromatic rings. The van der Waals surface area contributed by atoms with Crippen LogP contribution in [0.2, 0.25) is 0 Å². The van der Waals surface area contributed by atoms with E-state index in [0.29, 0.717) is 24.4 Å². The number of amides is 3. The molecule has 2 atom stereocenters. The van der Waals surface area contributed by atoms with Crippen molar-refractivity contribution in [3.63, 3.8) is 0 Å². The number of carbonyl (C=O) groups is 2. The highest BCUT2D eigenvalue weighted by Gasteiger charge is 2.44. The van der Waals surface area contributed by atoms with Crippen LogP contribution in [-0.2, 0) is 0 Å².